The van der Waals surface area contributed by atoms with E-state index in [1.165, 1.54) is 12.3 Å². The fourth-order valence-electron chi connectivity index (χ4n) is 4.69. The van der Waals surface area contributed by atoms with Gasteiger partial charge in [0.15, 0.2) is 0 Å². The summed E-state index contributed by atoms with van der Waals surface area (Å²) in [6.45, 7) is 3.48. The summed E-state index contributed by atoms with van der Waals surface area (Å²) in [4.78, 5) is 43.3. The summed E-state index contributed by atoms with van der Waals surface area (Å²) >= 11 is 0. The molecule has 0 bridgehead atoms. The van der Waals surface area contributed by atoms with Crippen LogP contribution in [0.25, 0.3) is 0 Å². The third-order valence-corrected chi connectivity index (χ3v) is 6.96. The molecular weight excluding hydrogens is 434 g/mol. The Balaban J connectivity index is 1.49. The molecule has 34 heavy (non-hydrogen) atoms. The van der Waals surface area contributed by atoms with Crippen LogP contribution in [0, 0.1) is 5.41 Å². The van der Waals surface area contributed by atoms with Crippen molar-refractivity contribution in [2.75, 3.05) is 46.5 Å². The maximum absolute atomic E-state index is 13.0. The van der Waals surface area contributed by atoms with E-state index in [0.717, 1.165) is 32.1 Å². The predicted molar refractivity (Wildman–Crippen MR) is 128 cm³/mol. The number of piperidine rings is 1. The van der Waals surface area contributed by atoms with E-state index < -0.39 is 0 Å². The van der Waals surface area contributed by atoms with Gasteiger partial charge in [0.2, 0.25) is 5.56 Å². The summed E-state index contributed by atoms with van der Waals surface area (Å²) in [5, 5.41) is 0. The first-order chi connectivity index (χ1) is 16.5. The van der Waals surface area contributed by atoms with Gasteiger partial charge >= 0.3 is 0 Å². The number of ether oxygens (including phenoxy) is 2. The second-order valence-corrected chi connectivity index (χ2v) is 9.31. The Labute approximate surface area is 199 Å². The van der Waals surface area contributed by atoms with Crippen molar-refractivity contribution in [2.24, 2.45) is 5.41 Å². The Kier molecular flexibility index (Phi) is 7.67. The SMILES string of the molecule is CN1CCOCCCCC2(CCN(C(=O)c3ccc(=O)[nH]c3)CC2)COc2ccccc2C1=O. The van der Waals surface area contributed by atoms with E-state index in [0.29, 0.717) is 56.3 Å². The van der Waals surface area contributed by atoms with Gasteiger partial charge in [-0.25, -0.2) is 0 Å². The van der Waals surface area contributed by atoms with Crippen molar-refractivity contribution in [1.82, 2.24) is 14.8 Å². The van der Waals surface area contributed by atoms with Crippen LogP contribution in [0.1, 0.15) is 52.8 Å². The maximum Gasteiger partial charge on any atom is 0.257 e. The second kappa shape index (κ2) is 10.9. The Morgan fingerprint density at radius 2 is 1.76 bits per heavy atom. The molecule has 2 amide bonds. The molecule has 8 nitrogen and oxygen atoms in total. The normalized spacial score (nSPS) is 19.7. The number of likely N-dealkylation sites (N-methyl/N-ethyl adjacent to an activating group) is 1. The highest BCUT2D eigenvalue weighted by Crippen LogP contribution is 2.38. The van der Waals surface area contributed by atoms with Crippen molar-refractivity contribution in [2.45, 2.75) is 32.1 Å². The average Bonchev–Trinajstić information content (AvgIpc) is 2.86. The van der Waals surface area contributed by atoms with Crippen molar-refractivity contribution < 1.29 is 19.1 Å². The van der Waals surface area contributed by atoms with Gasteiger partial charge < -0.3 is 24.3 Å². The topological polar surface area (TPSA) is 91.9 Å². The lowest BCUT2D eigenvalue weighted by atomic mass is 9.75. The molecule has 1 aromatic carbocycles. The highest BCUT2D eigenvalue weighted by atomic mass is 16.5. The average molecular weight is 468 g/mol. The van der Waals surface area contributed by atoms with Crippen LogP contribution in [-0.2, 0) is 4.74 Å². The van der Waals surface area contributed by atoms with Gasteiger partial charge in [0.25, 0.3) is 11.8 Å². The van der Waals surface area contributed by atoms with E-state index in [2.05, 4.69) is 4.98 Å². The minimum absolute atomic E-state index is 0.0692. The zero-order valence-corrected chi connectivity index (χ0v) is 19.8. The number of pyridine rings is 1. The second-order valence-electron chi connectivity index (χ2n) is 9.31. The molecule has 1 N–H and O–H groups in total. The molecule has 0 atom stereocenters. The molecule has 8 heteroatoms. The number of carbonyl (C=O) groups is 2. The molecule has 0 aliphatic carbocycles. The first-order valence-corrected chi connectivity index (χ1v) is 12.0. The van der Waals surface area contributed by atoms with Crippen LogP contribution in [0.4, 0.5) is 0 Å². The quantitative estimate of drug-likeness (QED) is 0.696. The van der Waals surface area contributed by atoms with Crippen LogP contribution in [0.15, 0.2) is 47.4 Å². The van der Waals surface area contributed by atoms with Gasteiger partial charge in [-0.05, 0) is 43.9 Å². The molecule has 0 unspecified atom stereocenters. The number of para-hydroxylation sites is 1. The summed E-state index contributed by atoms with van der Waals surface area (Å²) in [6, 6.07) is 10.3. The van der Waals surface area contributed by atoms with Crippen LogP contribution < -0.4 is 10.3 Å². The van der Waals surface area contributed by atoms with E-state index in [-0.39, 0.29) is 22.8 Å². The fraction of sp³-hybridized carbons (Fsp3) is 0.500. The third kappa shape index (κ3) is 5.67. The number of hydrogen-bond acceptors (Lipinski definition) is 5. The van der Waals surface area contributed by atoms with E-state index in [1.54, 1.807) is 24.1 Å². The van der Waals surface area contributed by atoms with Crippen molar-refractivity contribution in [1.29, 1.82) is 0 Å². The monoisotopic (exact) mass is 467 g/mol. The highest BCUT2D eigenvalue weighted by Gasteiger charge is 2.37. The van der Waals surface area contributed by atoms with Crippen LogP contribution >= 0.6 is 0 Å². The summed E-state index contributed by atoms with van der Waals surface area (Å²) in [5.74, 6) is 0.454. The number of likely N-dealkylation sites (tertiary alicyclic amines) is 1. The lowest BCUT2D eigenvalue weighted by Crippen LogP contribution is -2.45. The number of amides is 2. The first kappa shape index (κ1) is 24.0. The van der Waals surface area contributed by atoms with Gasteiger partial charge in [-0.15, -0.1) is 0 Å². The van der Waals surface area contributed by atoms with E-state index in [4.69, 9.17) is 9.47 Å². The summed E-state index contributed by atoms with van der Waals surface area (Å²) < 4.78 is 12.1. The van der Waals surface area contributed by atoms with Crippen LogP contribution in [0.5, 0.6) is 5.75 Å². The van der Waals surface area contributed by atoms with Crippen molar-refractivity contribution in [3.05, 3.63) is 64.1 Å². The molecule has 1 spiro atoms. The molecule has 2 aliphatic rings. The Morgan fingerprint density at radius 1 is 0.971 bits per heavy atom. The summed E-state index contributed by atoms with van der Waals surface area (Å²) in [6.07, 6.45) is 6.07. The summed E-state index contributed by atoms with van der Waals surface area (Å²) in [7, 11) is 1.78. The van der Waals surface area contributed by atoms with Gasteiger partial charge in [-0.1, -0.05) is 18.6 Å². The lowest BCUT2D eigenvalue weighted by Gasteiger charge is -2.42. The first-order valence-electron chi connectivity index (χ1n) is 12.0. The molecule has 2 aromatic rings. The molecular formula is C26H33N3O5. The van der Waals surface area contributed by atoms with Gasteiger partial charge in [0.05, 0.1) is 24.3 Å². The molecule has 0 radical (unpaired) electrons. The van der Waals surface area contributed by atoms with Gasteiger partial charge in [0, 0.05) is 51.0 Å². The Hall–Kier alpha value is -3.13. The number of rotatable bonds is 1. The minimum Gasteiger partial charge on any atom is -0.492 e. The standard InChI is InChI=1S/C26H33N3O5/c1-28-15-17-33-16-5-4-10-26(19-34-22-7-3-2-6-21(22)25(28)32)11-13-29(14-12-26)24(31)20-8-9-23(30)27-18-20/h2-3,6-9,18H,4-5,10-17,19H2,1H3,(H,27,30). The van der Waals surface area contributed by atoms with Crippen molar-refractivity contribution in [3.8, 4) is 5.75 Å². The number of aromatic amines is 1. The van der Waals surface area contributed by atoms with E-state index in [1.807, 2.05) is 23.1 Å². The zero-order chi connectivity index (χ0) is 24.0. The number of benzene rings is 1. The number of carbonyl (C=O) groups excluding carboxylic acids is 2. The minimum atomic E-state index is -0.222. The molecule has 3 heterocycles. The van der Waals surface area contributed by atoms with E-state index >= 15 is 0 Å². The Bertz CT molecular complexity index is 1040. The molecule has 1 fully saturated rings. The third-order valence-electron chi connectivity index (χ3n) is 6.96. The van der Waals surface area contributed by atoms with E-state index in [9.17, 15) is 14.4 Å². The Morgan fingerprint density at radius 3 is 2.53 bits per heavy atom. The van der Waals surface area contributed by atoms with Crippen molar-refractivity contribution >= 4 is 11.8 Å². The number of nitrogens with one attached hydrogen (secondary N) is 1. The number of fused-ring (bicyclic) bond motifs is 1. The van der Waals surface area contributed by atoms with Crippen LogP contribution in [0.2, 0.25) is 0 Å². The number of H-pyrrole nitrogens is 1. The molecule has 182 valence electrons. The number of hydrogen-bond donors (Lipinski definition) is 1. The molecule has 0 saturated carbocycles. The van der Waals surface area contributed by atoms with Gasteiger partial charge in [-0.2, -0.15) is 0 Å². The van der Waals surface area contributed by atoms with Gasteiger partial charge in [0.1, 0.15) is 5.75 Å². The highest BCUT2D eigenvalue weighted by molar-refractivity contribution is 5.96. The molecule has 1 aromatic heterocycles. The largest absolute Gasteiger partial charge is 0.492 e. The fourth-order valence-corrected chi connectivity index (χ4v) is 4.69. The molecule has 4 rings (SSSR count). The number of aromatic nitrogens is 1. The smallest absolute Gasteiger partial charge is 0.257 e. The zero-order valence-electron chi connectivity index (χ0n) is 19.8. The summed E-state index contributed by atoms with van der Waals surface area (Å²) in [5.41, 5.74) is 0.753. The molecule has 2 aliphatic heterocycles. The van der Waals surface area contributed by atoms with Crippen LogP contribution in [-0.4, -0.2) is 73.1 Å². The van der Waals surface area contributed by atoms with Crippen molar-refractivity contribution in [3.63, 3.8) is 0 Å². The van der Waals surface area contributed by atoms with Crippen LogP contribution in [0.3, 0.4) is 0 Å². The predicted octanol–water partition coefficient (Wildman–Crippen LogP) is 2.95. The lowest BCUT2D eigenvalue weighted by molar-refractivity contribution is 0.0328. The molecule has 1 saturated heterocycles. The van der Waals surface area contributed by atoms with Gasteiger partial charge in [-0.3, -0.25) is 14.4 Å². The maximum atomic E-state index is 13.0. The number of nitrogens with zero attached hydrogens (tertiary/aromatic N) is 2.